The quantitative estimate of drug-likeness (QED) is 0.418. The molecule has 1 amide bonds. The zero-order chi connectivity index (χ0) is 23.7. The van der Waals surface area contributed by atoms with E-state index in [0.717, 1.165) is 17.8 Å². The Morgan fingerprint density at radius 1 is 1.15 bits per heavy atom. The Labute approximate surface area is 197 Å². The molecule has 1 aromatic carbocycles. The Morgan fingerprint density at radius 3 is 2.68 bits per heavy atom. The normalized spacial score (nSPS) is 14.7. The van der Waals surface area contributed by atoms with Crippen LogP contribution in [0.4, 0.5) is 8.78 Å². The minimum absolute atomic E-state index is 0.000598. The Kier molecular flexibility index (Phi) is 6.20. The monoisotopic (exact) mass is 485 g/mol. The van der Waals surface area contributed by atoms with Crippen molar-refractivity contribution in [2.24, 2.45) is 0 Å². The minimum Gasteiger partial charge on any atom is -0.441 e. The summed E-state index contributed by atoms with van der Waals surface area (Å²) in [4.78, 5) is 38.0. The summed E-state index contributed by atoms with van der Waals surface area (Å²) in [7, 11) is 0. The maximum Gasteiger partial charge on any atom is 0.258 e. The lowest BCUT2D eigenvalue weighted by Gasteiger charge is -2.34. The van der Waals surface area contributed by atoms with Gasteiger partial charge in [-0.15, -0.1) is 11.3 Å². The average Bonchev–Trinajstić information content (AvgIpc) is 3.48. The van der Waals surface area contributed by atoms with E-state index in [-0.39, 0.29) is 41.5 Å². The standard InChI is InChI=1S/C23H21F2N5O3S/c24-16-2-1-3-17(25)22(16)18-13-26-19(33-18)4-5-20(31)29-8-6-28(7-9-29)14-15-12-21(32)30-10-11-34-23(30)27-15/h1-3,10-13H,4-9,14H2. The first kappa shape index (κ1) is 22.4. The summed E-state index contributed by atoms with van der Waals surface area (Å²) in [6, 6.07) is 5.13. The SMILES string of the molecule is O=C(CCc1ncc(-c2c(F)cccc2F)o1)N1CCN(Cc2cc(=O)n3ccsc3n2)CC1. The van der Waals surface area contributed by atoms with Gasteiger partial charge in [-0.2, -0.15) is 0 Å². The van der Waals surface area contributed by atoms with E-state index in [1.165, 1.54) is 28.0 Å². The molecule has 1 aliphatic heterocycles. The number of benzene rings is 1. The highest BCUT2D eigenvalue weighted by molar-refractivity contribution is 7.15. The number of piperazine rings is 1. The van der Waals surface area contributed by atoms with Gasteiger partial charge in [-0.3, -0.25) is 18.9 Å². The van der Waals surface area contributed by atoms with Gasteiger partial charge < -0.3 is 9.32 Å². The second kappa shape index (κ2) is 9.43. The first-order valence-corrected chi connectivity index (χ1v) is 11.7. The summed E-state index contributed by atoms with van der Waals surface area (Å²) in [5.41, 5.74) is 0.361. The molecule has 11 heteroatoms. The summed E-state index contributed by atoms with van der Waals surface area (Å²) in [6.07, 6.45) is 3.41. The summed E-state index contributed by atoms with van der Waals surface area (Å²) in [6.45, 7) is 3.03. The molecule has 8 nitrogen and oxygen atoms in total. The van der Waals surface area contributed by atoms with Crippen molar-refractivity contribution in [1.29, 1.82) is 0 Å². The lowest BCUT2D eigenvalue weighted by atomic mass is 10.1. The first-order valence-electron chi connectivity index (χ1n) is 10.8. The van der Waals surface area contributed by atoms with Gasteiger partial charge in [-0.25, -0.2) is 18.7 Å². The molecule has 0 spiro atoms. The van der Waals surface area contributed by atoms with E-state index < -0.39 is 11.6 Å². The largest absolute Gasteiger partial charge is 0.441 e. The molecule has 0 N–H and O–H groups in total. The number of thiazole rings is 1. The van der Waals surface area contributed by atoms with E-state index in [1.54, 1.807) is 17.2 Å². The molecule has 5 rings (SSSR count). The molecule has 4 aromatic rings. The van der Waals surface area contributed by atoms with Gasteiger partial charge in [0.1, 0.15) is 11.6 Å². The fraction of sp³-hybridized carbons (Fsp3) is 0.304. The van der Waals surface area contributed by atoms with E-state index in [4.69, 9.17) is 4.42 Å². The molecule has 1 aliphatic rings. The highest BCUT2D eigenvalue weighted by Crippen LogP contribution is 2.27. The Bertz CT molecular complexity index is 1370. The van der Waals surface area contributed by atoms with E-state index in [1.807, 2.05) is 5.38 Å². The molecule has 0 aliphatic carbocycles. The van der Waals surface area contributed by atoms with Gasteiger partial charge in [0.15, 0.2) is 16.6 Å². The molecule has 0 atom stereocenters. The number of oxazole rings is 1. The number of hydrogen-bond acceptors (Lipinski definition) is 7. The molecule has 1 fully saturated rings. The van der Waals surface area contributed by atoms with Crippen LogP contribution in [0, 0.1) is 11.6 Å². The maximum absolute atomic E-state index is 13.9. The third kappa shape index (κ3) is 4.62. The summed E-state index contributed by atoms with van der Waals surface area (Å²) >= 11 is 1.42. The van der Waals surface area contributed by atoms with Gasteiger partial charge in [-0.1, -0.05) is 6.07 Å². The average molecular weight is 486 g/mol. The number of carbonyl (C=O) groups is 1. The van der Waals surface area contributed by atoms with Gasteiger partial charge in [0.2, 0.25) is 5.91 Å². The van der Waals surface area contributed by atoms with Gasteiger partial charge in [0, 0.05) is 63.2 Å². The van der Waals surface area contributed by atoms with Crippen molar-refractivity contribution in [3.05, 3.63) is 75.6 Å². The van der Waals surface area contributed by atoms with Crippen molar-refractivity contribution in [3.63, 3.8) is 0 Å². The zero-order valence-electron chi connectivity index (χ0n) is 18.1. The van der Waals surface area contributed by atoms with Crippen LogP contribution in [0.1, 0.15) is 18.0 Å². The molecule has 0 saturated carbocycles. The number of aromatic nitrogens is 3. The first-order chi connectivity index (χ1) is 16.5. The van der Waals surface area contributed by atoms with E-state index in [0.29, 0.717) is 37.7 Å². The zero-order valence-corrected chi connectivity index (χ0v) is 18.9. The van der Waals surface area contributed by atoms with Gasteiger partial charge >= 0.3 is 0 Å². The van der Waals surface area contributed by atoms with Crippen LogP contribution in [0.2, 0.25) is 0 Å². The highest BCUT2D eigenvalue weighted by Gasteiger charge is 2.22. The van der Waals surface area contributed by atoms with Crippen molar-refractivity contribution in [2.45, 2.75) is 19.4 Å². The fourth-order valence-corrected chi connectivity index (χ4v) is 4.74. The fourth-order valence-electron chi connectivity index (χ4n) is 4.00. The lowest BCUT2D eigenvalue weighted by Crippen LogP contribution is -2.48. The van der Waals surface area contributed by atoms with E-state index in [9.17, 15) is 18.4 Å². The van der Waals surface area contributed by atoms with E-state index in [2.05, 4.69) is 14.9 Å². The number of hydrogen-bond donors (Lipinski definition) is 0. The van der Waals surface area contributed by atoms with Crippen LogP contribution in [0.5, 0.6) is 0 Å². The number of carbonyl (C=O) groups excluding carboxylic acids is 1. The molecule has 34 heavy (non-hydrogen) atoms. The van der Waals surface area contributed by atoms with Crippen molar-refractivity contribution < 1.29 is 18.0 Å². The lowest BCUT2D eigenvalue weighted by molar-refractivity contribution is -0.133. The molecular weight excluding hydrogens is 464 g/mol. The summed E-state index contributed by atoms with van der Waals surface area (Å²) in [5, 5.41) is 1.83. The van der Waals surface area contributed by atoms with Crippen molar-refractivity contribution in [2.75, 3.05) is 26.2 Å². The molecule has 4 heterocycles. The third-order valence-electron chi connectivity index (χ3n) is 5.78. The highest BCUT2D eigenvalue weighted by atomic mass is 32.1. The predicted molar refractivity (Wildman–Crippen MR) is 121 cm³/mol. The second-order valence-electron chi connectivity index (χ2n) is 8.01. The van der Waals surface area contributed by atoms with Crippen LogP contribution >= 0.6 is 11.3 Å². The molecular formula is C23H21F2N5O3S. The van der Waals surface area contributed by atoms with Crippen LogP contribution in [0.25, 0.3) is 16.3 Å². The Morgan fingerprint density at radius 2 is 1.91 bits per heavy atom. The van der Waals surface area contributed by atoms with Gasteiger partial charge in [0.05, 0.1) is 17.5 Å². The predicted octanol–water partition coefficient (Wildman–Crippen LogP) is 2.97. The number of nitrogens with zero attached hydrogens (tertiary/aromatic N) is 5. The number of aryl methyl sites for hydroxylation is 1. The molecule has 3 aromatic heterocycles. The maximum atomic E-state index is 13.9. The van der Waals surface area contributed by atoms with Crippen molar-refractivity contribution >= 4 is 22.2 Å². The van der Waals surface area contributed by atoms with Crippen molar-refractivity contribution in [1.82, 2.24) is 24.2 Å². The number of fused-ring (bicyclic) bond motifs is 1. The molecule has 0 unspecified atom stereocenters. The van der Waals surface area contributed by atoms with Crippen LogP contribution in [-0.2, 0) is 17.8 Å². The minimum atomic E-state index is -0.729. The van der Waals surface area contributed by atoms with Gasteiger partial charge in [0.25, 0.3) is 5.56 Å². The van der Waals surface area contributed by atoms with Gasteiger partial charge in [-0.05, 0) is 12.1 Å². The van der Waals surface area contributed by atoms with E-state index >= 15 is 0 Å². The number of rotatable bonds is 6. The van der Waals surface area contributed by atoms with Crippen molar-refractivity contribution in [3.8, 4) is 11.3 Å². The molecule has 0 radical (unpaired) electrons. The van der Waals surface area contributed by atoms with Crippen LogP contribution in [0.3, 0.4) is 0 Å². The second-order valence-corrected chi connectivity index (χ2v) is 8.89. The molecule has 176 valence electrons. The van der Waals surface area contributed by atoms with Crippen LogP contribution in [-0.4, -0.2) is 56.3 Å². The third-order valence-corrected chi connectivity index (χ3v) is 6.54. The Balaban J connectivity index is 1.13. The molecule has 1 saturated heterocycles. The Hall–Kier alpha value is -3.44. The smallest absolute Gasteiger partial charge is 0.258 e. The summed E-state index contributed by atoms with van der Waals surface area (Å²) < 4.78 is 34.9. The van der Waals surface area contributed by atoms with Crippen LogP contribution < -0.4 is 5.56 Å². The number of amides is 1. The number of halogens is 2. The van der Waals surface area contributed by atoms with Crippen LogP contribution in [0.15, 0.2) is 51.3 Å². The molecule has 0 bridgehead atoms. The summed E-state index contributed by atoms with van der Waals surface area (Å²) in [5.74, 6) is -1.24. The topological polar surface area (TPSA) is 84.0 Å².